The van der Waals surface area contributed by atoms with Crippen LogP contribution in [0.25, 0.3) is 0 Å². The summed E-state index contributed by atoms with van der Waals surface area (Å²) in [7, 11) is 0. The Bertz CT molecular complexity index is 537. The number of nitrogens with two attached hydrogens (primary N) is 1. The Hall–Kier alpha value is -1.72. The molecule has 5 nitrogen and oxygen atoms in total. The normalized spacial score (nSPS) is 18.6. The van der Waals surface area contributed by atoms with Gasteiger partial charge in [-0.3, -0.25) is 0 Å². The SMILES string of the molecule is NCc1ncnn1CC1OCCc2ccccc21. The first-order valence-electron chi connectivity index (χ1n) is 6.14. The molecule has 0 amide bonds. The molecule has 3 rings (SSSR count). The number of aromatic nitrogens is 3. The highest BCUT2D eigenvalue weighted by molar-refractivity contribution is 5.30. The molecule has 5 heteroatoms. The van der Waals surface area contributed by atoms with Gasteiger partial charge in [-0.2, -0.15) is 5.10 Å². The molecule has 1 aliphatic heterocycles. The van der Waals surface area contributed by atoms with Crippen LogP contribution in [-0.2, 0) is 24.2 Å². The minimum absolute atomic E-state index is 0.0435. The predicted octanol–water partition coefficient (Wildman–Crippen LogP) is 1.05. The molecule has 0 spiro atoms. The standard InChI is InChI=1S/C13H16N4O/c14-7-13-15-9-16-17(13)8-12-11-4-2-1-3-10(11)5-6-18-12/h1-4,9,12H,5-8,14H2. The lowest BCUT2D eigenvalue weighted by atomic mass is 9.97. The first-order chi connectivity index (χ1) is 8.88. The van der Waals surface area contributed by atoms with E-state index in [1.54, 1.807) is 0 Å². The number of hydrogen-bond donors (Lipinski definition) is 1. The Morgan fingerprint density at radius 3 is 3.17 bits per heavy atom. The molecule has 2 aromatic rings. The first-order valence-corrected chi connectivity index (χ1v) is 6.14. The summed E-state index contributed by atoms with van der Waals surface area (Å²) < 4.78 is 7.67. The van der Waals surface area contributed by atoms with Gasteiger partial charge in [0.1, 0.15) is 18.3 Å². The van der Waals surface area contributed by atoms with E-state index in [0.717, 1.165) is 18.9 Å². The van der Waals surface area contributed by atoms with Crippen LogP contribution in [0.1, 0.15) is 23.1 Å². The maximum absolute atomic E-state index is 5.85. The number of fused-ring (bicyclic) bond motifs is 1. The highest BCUT2D eigenvalue weighted by atomic mass is 16.5. The number of benzene rings is 1. The van der Waals surface area contributed by atoms with Crippen molar-refractivity contribution < 1.29 is 4.74 Å². The molecule has 1 unspecified atom stereocenters. The van der Waals surface area contributed by atoms with Gasteiger partial charge in [-0.1, -0.05) is 24.3 Å². The van der Waals surface area contributed by atoms with E-state index in [4.69, 9.17) is 10.5 Å². The van der Waals surface area contributed by atoms with Crippen molar-refractivity contribution in [2.75, 3.05) is 6.61 Å². The van der Waals surface area contributed by atoms with E-state index in [-0.39, 0.29) is 6.10 Å². The second-order valence-electron chi connectivity index (χ2n) is 4.37. The van der Waals surface area contributed by atoms with Gasteiger partial charge in [-0.25, -0.2) is 9.67 Å². The minimum Gasteiger partial charge on any atom is -0.371 e. The molecular weight excluding hydrogens is 228 g/mol. The van der Waals surface area contributed by atoms with E-state index < -0.39 is 0 Å². The van der Waals surface area contributed by atoms with Crippen LogP contribution in [0.5, 0.6) is 0 Å². The maximum atomic E-state index is 5.85. The Balaban J connectivity index is 1.86. The van der Waals surface area contributed by atoms with Crippen molar-refractivity contribution in [2.45, 2.75) is 25.6 Å². The van der Waals surface area contributed by atoms with Gasteiger partial charge >= 0.3 is 0 Å². The van der Waals surface area contributed by atoms with E-state index in [1.165, 1.54) is 17.5 Å². The van der Waals surface area contributed by atoms with Crippen molar-refractivity contribution in [2.24, 2.45) is 5.73 Å². The Morgan fingerprint density at radius 2 is 2.28 bits per heavy atom. The van der Waals surface area contributed by atoms with Crippen molar-refractivity contribution in [3.8, 4) is 0 Å². The fourth-order valence-corrected chi connectivity index (χ4v) is 2.38. The summed E-state index contributed by atoms with van der Waals surface area (Å²) in [5, 5.41) is 4.20. The molecule has 0 saturated heterocycles. The third-order valence-corrected chi connectivity index (χ3v) is 3.31. The summed E-state index contributed by atoms with van der Waals surface area (Å²) in [5.41, 5.74) is 8.25. The van der Waals surface area contributed by atoms with E-state index in [0.29, 0.717) is 13.1 Å². The van der Waals surface area contributed by atoms with Crippen LogP contribution in [0.15, 0.2) is 30.6 Å². The molecule has 2 heterocycles. The summed E-state index contributed by atoms with van der Waals surface area (Å²) in [6, 6.07) is 8.40. The van der Waals surface area contributed by atoms with E-state index in [1.807, 2.05) is 10.7 Å². The lowest BCUT2D eigenvalue weighted by Gasteiger charge is -2.26. The highest BCUT2D eigenvalue weighted by Crippen LogP contribution is 2.28. The van der Waals surface area contributed by atoms with Crippen LogP contribution in [0.2, 0.25) is 0 Å². The third kappa shape index (κ3) is 2.02. The van der Waals surface area contributed by atoms with Crippen LogP contribution in [0, 0.1) is 0 Å². The summed E-state index contributed by atoms with van der Waals surface area (Å²) in [6.07, 6.45) is 2.56. The number of rotatable bonds is 3. The lowest BCUT2D eigenvalue weighted by molar-refractivity contribution is 0.0276. The van der Waals surface area contributed by atoms with Gasteiger partial charge in [0, 0.05) is 0 Å². The van der Waals surface area contributed by atoms with Gasteiger partial charge in [-0.05, 0) is 17.5 Å². The van der Waals surface area contributed by atoms with Crippen molar-refractivity contribution in [3.63, 3.8) is 0 Å². The Kier molecular flexibility index (Phi) is 3.08. The number of hydrogen-bond acceptors (Lipinski definition) is 4. The van der Waals surface area contributed by atoms with Gasteiger partial charge < -0.3 is 10.5 Å². The Labute approximate surface area is 106 Å². The quantitative estimate of drug-likeness (QED) is 0.876. The summed E-state index contributed by atoms with van der Waals surface area (Å²) in [5.74, 6) is 0.793. The zero-order valence-corrected chi connectivity index (χ0v) is 10.1. The van der Waals surface area contributed by atoms with Crippen LogP contribution >= 0.6 is 0 Å². The molecule has 0 saturated carbocycles. The number of ether oxygens (including phenoxy) is 1. The molecule has 1 aromatic carbocycles. The smallest absolute Gasteiger partial charge is 0.140 e. The topological polar surface area (TPSA) is 66.0 Å². The zero-order valence-electron chi connectivity index (χ0n) is 10.1. The largest absolute Gasteiger partial charge is 0.371 e. The van der Waals surface area contributed by atoms with E-state index in [2.05, 4.69) is 28.3 Å². The second kappa shape index (κ2) is 4.88. The van der Waals surface area contributed by atoms with Crippen LogP contribution in [0.3, 0.4) is 0 Å². The molecule has 0 radical (unpaired) electrons. The van der Waals surface area contributed by atoms with Gasteiger partial charge in [-0.15, -0.1) is 0 Å². The fourth-order valence-electron chi connectivity index (χ4n) is 2.38. The average molecular weight is 244 g/mol. The van der Waals surface area contributed by atoms with E-state index in [9.17, 15) is 0 Å². The molecule has 0 bridgehead atoms. The maximum Gasteiger partial charge on any atom is 0.140 e. The molecular formula is C13H16N4O. The average Bonchev–Trinajstić information content (AvgIpc) is 2.86. The van der Waals surface area contributed by atoms with Gasteiger partial charge in [0.25, 0.3) is 0 Å². The Morgan fingerprint density at radius 1 is 1.39 bits per heavy atom. The molecule has 2 N–H and O–H groups in total. The second-order valence-corrected chi connectivity index (χ2v) is 4.37. The monoisotopic (exact) mass is 244 g/mol. The summed E-state index contributed by atoms with van der Waals surface area (Å²) in [4.78, 5) is 4.13. The van der Waals surface area contributed by atoms with Gasteiger partial charge in [0.15, 0.2) is 0 Å². The zero-order chi connectivity index (χ0) is 12.4. The summed E-state index contributed by atoms with van der Waals surface area (Å²) in [6.45, 7) is 1.83. The van der Waals surface area contributed by atoms with E-state index >= 15 is 0 Å². The molecule has 0 aliphatic carbocycles. The molecule has 1 atom stereocenters. The van der Waals surface area contributed by atoms with Crippen LogP contribution < -0.4 is 5.73 Å². The molecule has 18 heavy (non-hydrogen) atoms. The lowest BCUT2D eigenvalue weighted by Crippen LogP contribution is -2.22. The third-order valence-electron chi connectivity index (χ3n) is 3.31. The molecule has 94 valence electrons. The van der Waals surface area contributed by atoms with Crippen molar-refractivity contribution in [1.29, 1.82) is 0 Å². The van der Waals surface area contributed by atoms with Gasteiger partial charge in [0.05, 0.1) is 19.7 Å². The first kappa shape index (κ1) is 11.4. The summed E-state index contributed by atoms with van der Waals surface area (Å²) >= 11 is 0. The highest BCUT2D eigenvalue weighted by Gasteiger charge is 2.21. The molecule has 1 aromatic heterocycles. The fraction of sp³-hybridized carbons (Fsp3) is 0.385. The molecule has 0 fully saturated rings. The number of nitrogens with zero attached hydrogens (tertiary/aromatic N) is 3. The van der Waals surface area contributed by atoms with Crippen LogP contribution in [0.4, 0.5) is 0 Å². The predicted molar refractivity (Wildman–Crippen MR) is 66.8 cm³/mol. The molecule has 1 aliphatic rings. The van der Waals surface area contributed by atoms with Crippen molar-refractivity contribution in [3.05, 3.63) is 47.5 Å². The van der Waals surface area contributed by atoms with Gasteiger partial charge in [0.2, 0.25) is 0 Å². The van der Waals surface area contributed by atoms with Crippen molar-refractivity contribution in [1.82, 2.24) is 14.8 Å². The van der Waals surface area contributed by atoms with Crippen molar-refractivity contribution >= 4 is 0 Å². The minimum atomic E-state index is 0.0435. The van der Waals surface area contributed by atoms with Crippen LogP contribution in [-0.4, -0.2) is 21.4 Å².